The molecule has 3 nitrogen and oxygen atoms in total. The Morgan fingerprint density at radius 1 is 1.50 bits per heavy atom. The summed E-state index contributed by atoms with van der Waals surface area (Å²) in [5.74, 6) is 0. The van der Waals surface area contributed by atoms with Gasteiger partial charge in [0, 0.05) is 0 Å². The Labute approximate surface area is 54.6 Å². The van der Waals surface area contributed by atoms with Gasteiger partial charge in [-0.05, 0) is 0 Å². The van der Waals surface area contributed by atoms with Crippen LogP contribution in [0.25, 0.3) is 0 Å². The van der Waals surface area contributed by atoms with E-state index in [1.807, 2.05) is 0 Å². The van der Waals surface area contributed by atoms with E-state index in [2.05, 4.69) is 15.9 Å². The van der Waals surface area contributed by atoms with Crippen molar-refractivity contribution in [2.45, 2.75) is 0 Å². The third-order valence-electron chi connectivity index (χ3n) is 0.0393. The molecule has 0 saturated carbocycles. The zero-order valence-corrected chi connectivity index (χ0v) is 7.52. The van der Waals surface area contributed by atoms with Gasteiger partial charge in [0.2, 0.25) is 0 Å². The SMILES string of the molecule is [O]=[Co][Zn]=[O].[O]=[Cu]. The fraction of sp³-hybridized carbons (Fsp3) is 0. The maximum absolute atomic E-state index is 9.16. The van der Waals surface area contributed by atoms with E-state index in [4.69, 9.17) is 11.3 Å². The average Bonchev–Trinajstić information content (AvgIpc) is 1.72. The second-order valence-corrected chi connectivity index (χ2v) is 4.12. The van der Waals surface area contributed by atoms with Crippen LogP contribution < -0.4 is 0 Å². The van der Waals surface area contributed by atoms with Gasteiger partial charge in [-0.3, -0.25) is 0 Å². The van der Waals surface area contributed by atoms with Crippen LogP contribution in [0.1, 0.15) is 0 Å². The molecule has 0 unspecified atom stereocenters. The van der Waals surface area contributed by atoms with E-state index in [1.54, 1.807) is 0 Å². The van der Waals surface area contributed by atoms with Crippen molar-refractivity contribution in [1.29, 1.82) is 0 Å². The van der Waals surface area contributed by atoms with Crippen molar-refractivity contribution >= 4 is 0 Å². The van der Waals surface area contributed by atoms with Gasteiger partial charge in [0.05, 0.1) is 0 Å². The Morgan fingerprint density at radius 2 is 1.67 bits per heavy atom. The molecule has 0 N–H and O–H groups in total. The van der Waals surface area contributed by atoms with E-state index in [0.717, 1.165) is 0 Å². The van der Waals surface area contributed by atoms with Gasteiger partial charge < -0.3 is 0 Å². The first-order chi connectivity index (χ1) is 2.91. The molecule has 0 amide bonds. The van der Waals surface area contributed by atoms with Gasteiger partial charge in [0.15, 0.2) is 0 Å². The maximum atomic E-state index is 9.16. The van der Waals surface area contributed by atoms with Gasteiger partial charge in [-0.25, -0.2) is 0 Å². The molecule has 0 atom stereocenters. The van der Waals surface area contributed by atoms with Gasteiger partial charge in [-0.2, -0.15) is 0 Å². The van der Waals surface area contributed by atoms with Crippen LogP contribution in [0.4, 0.5) is 0 Å². The van der Waals surface area contributed by atoms with Crippen LogP contribution >= 0.6 is 0 Å². The number of hydrogen-bond acceptors (Lipinski definition) is 3. The Hall–Kier alpha value is 1.05. The van der Waals surface area contributed by atoms with E-state index < -0.39 is 15.2 Å². The average molecular weight is 236 g/mol. The Kier molecular flexibility index (Phi) is 28.0. The summed E-state index contributed by atoms with van der Waals surface area (Å²) in [4.78, 5) is 0. The summed E-state index contributed by atoms with van der Waals surface area (Å²) in [7, 11) is 0. The van der Waals surface area contributed by atoms with Gasteiger partial charge in [0.25, 0.3) is 0 Å². The van der Waals surface area contributed by atoms with Gasteiger partial charge >= 0.3 is 54.7 Å². The normalized spacial score (nSPS) is 5.00. The predicted molar refractivity (Wildman–Crippen MR) is 2.06 cm³/mol. The van der Waals surface area contributed by atoms with E-state index >= 15 is 0 Å². The van der Waals surface area contributed by atoms with Crippen molar-refractivity contribution in [2.75, 3.05) is 0 Å². The van der Waals surface area contributed by atoms with Crippen molar-refractivity contribution in [3.8, 4) is 0 Å². The molecule has 0 aromatic carbocycles. The molecule has 0 fully saturated rings. The fourth-order valence-corrected chi connectivity index (χ4v) is 0. The minimum atomic E-state index is -1.73. The molecule has 0 heterocycles. The number of hydrogen-bond donors (Lipinski definition) is 0. The molecule has 0 aliphatic heterocycles. The third kappa shape index (κ3) is 19.7. The van der Waals surface area contributed by atoms with Crippen molar-refractivity contribution in [1.82, 2.24) is 0 Å². The quantitative estimate of drug-likeness (QED) is 0.584. The molecule has 0 spiro atoms. The van der Waals surface area contributed by atoms with Crippen LogP contribution in [-0.4, -0.2) is 0 Å². The van der Waals surface area contributed by atoms with Crippen LogP contribution in [0.15, 0.2) is 0 Å². The first-order valence-electron chi connectivity index (χ1n) is 0.784. The minimum absolute atomic E-state index is 0.0972. The Bertz CT molecular complexity index is 40.1. The molecule has 0 rings (SSSR count). The molecule has 0 saturated heterocycles. The zero-order valence-electron chi connectivity index (χ0n) is 2.57. The van der Waals surface area contributed by atoms with Crippen molar-refractivity contribution in [3.63, 3.8) is 0 Å². The molecular formula is CoCuO3Zn. The second kappa shape index (κ2) is 16.6. The first kappa shape index (κ1) is 10.1. The molecule has 0 radical (unpaired) electrons. The van der Waals surface area contributed by atoms with Crippen LogP contribution in [0, 0.1) is 0 Å². The molecule has 40 valence electrons. The molecule has 0 aliphatic rings. The molecule has 6 heteroatoms. The van der Waals surface area contributed by atoms with Crippen molar-refractivity contribution in [2.24, 2.45) is 0 Å². The molecule has 6 heavy (non-hydrogen) atoms. The monoisotopic (exact) mass is 234 g/mol. The zero-order chi connectivity index (χ0) is 5.41. The van der Waals surface area contributed by atoms with Gasteiger partial charge in [-0.1, -0.05) is 0 Å². The summed E-state index contributed by atoms with van der Waals surface area (Å²) in [5, 5.41) is 0. The summed E-state index contributed by atoms with van der Waals surface area (Å²) in [5.41, 5.74) is 0. The predicted octanol–water partition coefficient (Wildman–Crippen LogP) is -0.364. The summed E-state index contributed by atoms with van der Waals surface area (Å²) in [6, 6.07) is 0. The molecule has 0 aromatic rings. The summed E-state index contributed by atoms with van der Waals surface area (Å²) in [6.07, 6.45) is 0. The summed E-state index contributed by atoms with van der Waals surface area (Å²) >= 11 is 1.11. The fourth-order valence-electron chi connectivity index (χ4n) is 0. The van der Waals surface area contributed by atoms with E-state index in [1.165, 1.54) is 0 Å². The van der Waals surface area contributed by atoms with Crippen LogP contribution in [0.3, 0.4) is 0 Å². The Balaban J connectivity index is 0. The molecular weight excluding hydrogens is 236 g/mol. The topological polar surface area (TPSA) is 51.2 Å². The van der Waals surface area contributed by atoms with Gasteiger partial charge in [0.1, 0.15) is 0 Å². The van der Waals surface area contributed by atoms with Crippen LogP contribution in [0.2, 0.25) is 0 Å². The van der Waals surface area contributed by atoms with E-state index in [9.17, 15) is 0 Å². The molecule has 0 aliphatic carbocycles. The van der Waals surface area contributed by atoms with Crippen molar-refractivity contribution < 1.29 is 54.7 Å². The third-order valence-corrected chi connectivity index (χ3v) is 0.842. The summed E-state index contributed by atoms with van der Waals surface area (Å²) in [6.45, 7) is 0. The van der Waals surface area contributed by atoms with Crippen LogP contribution in [0.5, 0.6) is 0 Å². The Morgan fingerprint density at radius 3 is 1.67 bits per heavy atom. The summed E-state index contributed by atoms with van der Waals surface area (Å²) < 4.78 is 26.0. The van der Waals surface area contributed by atoms with Crippen molar-refractivity contribution in [3.05, 3.63) is 0 Å². The number of rotatable bonds is 1. The van der Waals surface area contributed by atoms with E-state index in [-0.39, 0.29) is 12.3 Å². The van der Waals surface area contributed by atoms with Crippen LogP contribution in [-0.2, 0) is 54.7 Å². The van der Waals surface area contributed by atoms with E-state index in [0.29, 0.717) is 0 Å². The molecule has 0 aromatic heterocycles. The standard InChI is InChI=1S/Co.Cu.3O.Zn. The molecule has 0 bridgehead atoms. The first-order valence-corrected chi connectivity index (χ1v) is 7.62. The van der Waals surface area contributed by atoms with Gasteiger partial charge in [-0.15, -0.1) is 0 Å². The second-order valence-electron chi connectivity index (χ2n) is 0.192.